The van der Waals surface area contributed by atoms with Crippen LogP contribution in [0.3, 0.4) is 0 Å². The van der Waals surface area contributed by atoms with Gasteiger partial charge in [0, 0.05) is 25.7 Å². The van der Waals surface area contributed by atoms with Crippen LogP contribution in [0.15, 0.2) is 45.3 Å². The van der Waals surface area contributed by atoms with Crippen LogP contribution in [0.4, 0.5) is 0 Å². The Morgan fingerprint density at radius 3 is 2.52 bits per heavy atom. The van der Waals surface area contributed by atoms with Crippen molar-refractivity contribution in [3.8, 4) is 11.1 Å². The Morgan fingerprint density at radius 2 is 1.86 bits per heavy atom. The van der Waals surface area contributed by atoms with Gasteiger partial charge in [-0.3, -0.25) is 0 Å². The fourth-order valence-corrected chi connectivity index (χ4v) is 3.49. The molecular weight excluding hydrogens is 348 g/mol. The van der Waals surface area contributed by atoms with Crippen molar-refractivity contribution >= 4 is 50.7 Å². The minimum absolute atomic E-state index is 0.711. The zero-order valence-corrected chi connectivity index (χ0v) is 14.1. The first kappa shape index (κ1) is 14.4. The van der Waals surface area contributed by atoms with Crippen LogP contribution in [0.25, 0.3) is 34.2 Å². The number of rotatable bonds is 1. The molecule has 3 heteroatoms. The molecule has 21 heavy (non-hydrogen) atoms. The molecule has 1 aromatic heterocycles. The van der Waals surface area contributed by atoms with Gasteiger partial charge in [0.2, 0.25) is 0 Å². The Balaban J connectivity index is 2.42. The lowest BCUT2D eigenvalue weighted by Crippen LogP contribution is -2.18. The summed E-state index contributed by atoms with van der Waals surface area (Å²) in [5.74, 6) is 0. The third-order valence-electron chi connectivity index (χ3n) is 3.55. The van der Waals surface area contributed by atoms with E-state index in [1.165, 1.54) is 0 Å². The van der Waals surface area contributed by atoms with Crippen molar-refractivity contribution in [2.24, 2.45) is 0 Å². The molecule has 106 valence electrons. The van der Waals surface area contributed by atoms with Crippen molar-refractivity contribution < 1.29 is 4.42 Å². The maximum absolute atomic E-state index is 6.07. The topological polar surface area (TPSA) is 13.1 Å². The van der Waals surface area contributed by atoms with E-state index in [1.54, 1.807) is 0 Å². The zero-order valence-electron chi connectivity index (χ0n) is 11.8. The van der Waals surface area contributed by atoms with Crippen LogP contribution in [0.2, 0.25) is 5.02 Å². The summed E-state index contributed by atoms with van der Waals surface area (Å²) in [4.78, 5) is 0. The van der Waals surface area contributed by atoms with Crippen LogP contribution >= 0.6 is 27.5 Å². The standard InChI is InChI=1S/C18H14BrClO/c1-3-12-14-6-5-7-15(18(14)21-17(12)4-2)13-9-8-11(20)10-16(13)19/h3-10H,1-2H3. The van der Waals surface area contributed by atoms with Gasteiger partial charge in [0.25, 0.3) is 0 Å². The molecule has 3 rings (SSSR count). The van der Waals surface area contributed by atoms with Crippen molar-refractivity contribution in [3.05, 3.63) is 56.5 Å². The number of fused-ring (bicyclic) bond motifs is 1. The van der Waals surface area contributed by atoms with Crippen LogP contribution in [0, 0.1) is 0 Å². The van der Waals surface area contributed by atoms with Crippen LogP contribution < -0.4 is 10.6 Å². The second kappa shape index (κ2) is 5.70. The number of halogens is 2. The maximum atomic E-state index is 6.07. The molecule has 0 saturated carbocycles. The van der Waals surface area contributed by atoms with Gasteiger partial charge in [-0.15, -0.1) is 0 Å². The molecule has 1 nitrogen and oxygen atoms in total. The Kier molecular flexibility index (Phi) is 3.92. The van der Waals surface area contributed by atoms with Crippen LogP contribution in [0.5, 0.6) is 0 Å². The lowest BCUT2D eigenvalue weighted by atomic mass is 10.0. The highest BCUT2D eigenvalue weighted by atomic mass is 79.9. The lowest BCUT2D eigenvalue weighted by Gasteiger charge is -2.06. The van der Waals surface area contributed by atoms with Gasteiger partial charge in [-0.1, -0.05) is 57.9 Å². The Morgan fingerprint density at radius 1 is 1.05 bits per heavy atom. The van der Waals surface area contributed by atoms with Crippen molar-refractivity contribution in [2.75, 3.05) is 0 Å². The van der Waals surface area contributed by atoms with E-state index < -0.39 is 0 Å². The van der Waals surface area contributed by atoms with Gasteiger partial charge in [-0.05, 0) is 37.6 Å². The number of hydrogen-bond donors (Lipinski definition) is 0. The predicted octanol–water partition coefficient (Wildman–Crippen LogP) is 5.12. The molecule has 1 heterocycles. The van der Waals surface area contributed by atoms with E-state index in [1.807, 2.05) is 38.1 Å². The average Bonchev–Trinajstić information content (AvgIpc) is 2.85. The number of benzene rings is 2. The highest BCUT2D eigenvalue weighted by Crippen LogP contribution is 2.34. The van der Waals surface area contributed by atoms with Crippen molar-refractivity contribution in [3.63, 3.8) is 0 Å². The van der Waals surface area contributed by atoms with E-state index in [0.717, 1.165) is 37.2 Å². The Bertz CT molecular complexity index is 938. The summed E-state index contributed by atoms with van der Waals surface area (Å²) in [5.41, 5.74) is 3.95. The first-order valence-corrected chi connectivity index (χ1v) is 7.92. The molecule has 0 radical (unpaired) electrons. The summed E-state index contributed by atoms with van der Waals surface area (Å²) < 4.78 is 7.03. The van der Waals surface area contributed by atoms with Gasteiger partial charge in [0.1, 0.15) is 11.0 Å². The summed E-state index contributed by atoms with van der Waals surface area (Å²) in [5, 5.41) is 2.98. The Hall–Kier alpha value is -1.51. The molecule has 0 saturated heterocycles. The molecule has 0 aliphatic carbocycles. The fourth-order valence-electron chi connectivity index (χ4n) is 2.59. The molecule has 0 unspecified atom stereocenters. The number of hydrogen-bond acceptors (Lipinski definition) is 1. The molecule has 0 atom stereocenters. The minimum Gasteiger partial charge on any atom is -0.456 e. The zero-order chi connectivity index (χ0) is 15.0. The first-order chi connectivity index (χ1) is 10.2. The summed E-state index contributed by atoms with van der Waals surface area (Å²) in [7, 11) is 0. The predicted molar refractivity (Wildman–Crippen MR) is 93.9 cm³/mol. The highest BCUT2D eigenvalue weighted by molar-refractivity contribution is 9.10. The molecule has 2 aromatic carbocycles. The van der Waals surface area contributed by atoms with E-state index in [9.17, 15) is 0 Å². The summed E-state index contributed by atoms with van der Waals surface area (Å²) in [6.07, 6.45) is 4.08. The lowest BCUT2D eigenvalue weighted by molar-refractivity contribution is 0.575. The molecule has 0 bridgehead atoms. The Labute approximate surface area is 136 Å². The summed E-state index contributed by atoms with van der Waals surface area (Å²) >= 11 is 9.62. The summed E-state index contributed by atoms with van der Waals surface area (Å²) in [6.45, 7) is 4.02. The second-order valence-electron chi connectivity index (χ2n) is 4.76. The molecular formula is C18H14BrClO. The van der Waals surface area contributed by atoms with Crippen LogP contribution in [-0.2, 0) is 0 Å². The molecule has 0 spiro atoms. The van der Waals surface area contributed by atoms with Crippen molar-refractivity contribution in [1.29, 1.82) is 0 Å². The first-order valence-electron chi connectivity index (χ1n) is 6.75. The van der Waals surface area contributed by atoms with Crippen LogP contribution in [0.1, 0.15) is 13.8 Å². The van der Waals surface area contributed by atoms with Gasteiger partial charge in [-0.25, -0.2) is 0 Å². The molecule has 0 fully saturated rings. The van der Waals surface area contributed by atoms with Gasteiger partial charge in [-0.2, -0.15) is 0 Å². The van der Waals surface area contributed by atoms with E-state index in [4.69, 9.17) is 16.0 Å². The monoisotopic (exact) mass is 360 g/mol. The highest BCUT2D eigenvalue weighted by Gasteiger charge is 2.12. The largest absolute Gasteiger partial charge is 0.456 e. The molecule has 0 amide bonds. The minimum atomic E-state index is 0.711. The SMILES string of the molecule is CC=c1oc2c(-c3ccc(Cl)cc3Br)cccc2c1=CC. The van der Waals surface area contributed by atoms with Crippen molar-refractivity contribution in [1.82, 2.24) is 0 Å². The molecule has 3 aromatic rings. The van der Waals surface area contributed by atoms with Gasteiger partial charge >= 0.3 is 0 Å². The quantitative estimate of drug-likeness (QED) is 0.586. The van der Waals surface area contributed by atoms with E-state index in [-0.39, 0.29) is 0 Å². The molecule has 0 N–H and O–H groups in total. The van der Waals surface area contributed by atoms with E-state index in [0.29, 0.717) is 5.02 Å². The van der Waals surface area contributed by atoms with E-state index in [2.05, 4.69) is 40.2 Å². The van der Waals surface area contributed by atoms with Gasteiger partial charge in [0.05, 0.1) is 0 Å². The second-order valence-corrected chi connectivity index (χ2v) is 6.05. The normalized spacial score (nSPS) is 13.3. The third kappa shape index (κ3) is 2.43. The van der Waals surface area contributed by atoms with Gasteiger partial charge < -0.3 is 4.42 Å². The van der Waals surface area contributed by atoms with Gasteiger partial charge in [0.15, 0.2) is 0 Å². The smallest absolute Gasteiger partial charge is 0.143 e. The summed E-state index contributed by atoms with van der Waals surface area (Å²) in [6, 6.07) is 12.0. The van der Waals surface area contributed by atoms with E-state index >= 15 is 0 Å². The molecule has 0 aliphatic heterocycles. The maximum Gasteiger partial charge on any atom is 0.143 e. The van der Waals surface area contributed by atoms with Crippen LogP contribution in [-0.4, -0.2) is 0 Å². The third-order valence-corrected chi connectivity index (χ3v) is 4.45. The number of furan rings is 1. The average molecular weight is 362 g/mol. The van der Waals surface area contributed by atoms with Crippen molar-refractivity contribution in [2.45, 2.75) is 13.8 Å². The molecule has 0 aliphatic rings. The fraction of sp³-hybridized carbons (Fsp3) is 0.111. The number of para-hydroxylation sites is 1.